The van der Waals surface area contributed by atoms with Crippen LogP contribution in [0.4, 0.5) is 0 Å². The number of nitrogens with zero attached hydrogens (tertiary/aromatic N) is 2. The monoisotopic (exact) mass is 1050 g/mol. The van der Waals surface area contributed by atoms with Gasteiger partial charge in [-0.2, -0.15) is 0 Å². The van der Waals surface area contributed by atoms with Gasteiger partial charge in [-0.1, -0.05) is 138 Å². The molecule has 0 heterocycles. The molecule has 0 bridgehead atoms. The van der Waals surface area contributed by atoms with Gasteiger partial charge < -0.3 is 60.9 Å². The summed E-state index contributed by atoms with van der Waals surface area (Å²) in [5, 5.41) is 78.3. The molecule has 0 saturated heterocycles. The van der Waals surface area contributed by atoms with Gasteiger partial charge in [0.1, 0.15) is 17.2 Å². The van der Waals surface area contributed by atoms with E-state index in [-0.39, 0.29) is 41.8 Å². The van der Waals surface area contributed by atoms with Crippen molar-refractivity contribution in [3.05, 3.63) is 125 Å². The van der Waals surface area contributed by atoms with E-state index in [1.165, 1.54) is 36.8 Å². The lowest BCUT2D eigenvalue weighted by molar-refractivity contribution is -0.0280. The van der Waals surface area contributed by atoms with Gasteiger partial charge in [-0.15, -0.1) is 0 Å². The average Bonchev–Trinajstić information content (AvgIpc) is 3.42. The Bertz CT molecular complexity index is 2180. The first kappa shape index (κ1) is 62.8. The third-order valence-corrected chi connectivity index (χ3v) is 17.1. The molecule has 4 aliphatic rings. The molecule has 4 fully saturated rings. The highest BCUT2D eigenvalue weighted by atomic mass is 16.5. The smallest absolute Gasteiger partial charge is 0.118 e. The zero-order chi connectivity index (χ0) is 55.2. The summed E-state index contributed by atoms with van der Waals surface area (Å²) in [4.78, 5) is 4.28. The van der Waals surface area contributed by atoms with Crippen molar-refractivity contribution in [2.75, 3.05) is 75.6 Å². The van der Waals surface area contributed by atoms with Crippen LogP contribution < -0.4 is 15.4 Å². The van der Waals surface area contributed by atoms with Crippen LogP contribution in [-0.4, -0.2) is 144 Å². The summed E-state index contributed by atoms with van der Waals surface area (Å²) in [6.45, 7) is 3.34. The van der Waals surface area contributed by atoms with Crippen LogP contribution in [0.5, 0.6) is 17.2 Å². The molecule has 8 rings (SSSR count). The summed E-state index contributed by atoms with van der Waals surface area (Å²) < 4.78 is 5.20. The molecule has 4 unspecified atom stereocenters. The van der Waals surface area contributed by atoms with Crippen LogP contribution in [-0.2, 0) is 6.61 Å². The van der Waals surface area contributed by atoms with E-state index in [1.54, 1.807) is 31.4 Å². The summed E-state index contributed by atoms with van der Waals surface area (Å²) >= 11 is 0. The number of hydrogen-bond donors (Lipinski definition) is 9. The molecule has 0 aliphatic heterocycles. The molecule has 4 atom stereocenters. The number of phenolic OH excluding ortho intramolecular Hbond substituents is 2. The molecule has 9 N–H and O–H groups in total. The Morgan fingerprint density at radius 3 is 0.947 bits per heavy atom. The number of likely N-dealkylation sites (N-methyl/N-ethyl adjacent to an activating group) is 4. The maximum absolute atomic E-state index is 11.1. The van der Waals surface area contributed by atoms with Gasteiger partial charge in [0.05, 0.1) is 36.1 Å². The van der Waals surface area contributed by atoms with Crippen molar-refractivity contribution < 1.29 is 40.5 Å². The van der Waals surface area contributed by atoms with Crippen LogP contribution in [0.2, 0.25) is 0 Å². The van der Waals surface area contributed by atoms with Crippen molar-refractivity contribution >= 4 is 0 Å². The first-order valence-electron chi connectivity index (χ1n) is 28.8. The molecule has 0 amide bonds. The highest BCUT2D eigenvalue weighted by Gasteiger charge is 2.42. The van der Waals surface area contributed by atoms with E-state index in [0.717, 1.165) is 151 Å². The number of aromatic hydroxyl groups is 2. The second-order valence-corrected chi connectivity index (χ2v) is 23.4. The number of nitrogens with one attached hydrogen (secondary N) is 2. The summed E-state index contributed by atoms with van der Waals surface area (Å²) in [5.41, 5.74) is 3.19. The summed E-state index contributed by atoms with van der Waals surface area (Å²) in [6, 6.07) is 30.7. The number of methoxy groups -OCH3 is 1. The van der Waals surface area contributed by atoms with Crippen LogP contribution in [0.15, 0.2) is 97.1 Å². The summed E-state index contributed by atoms with van der Waals surface area (Å²) in [6.07, 6.45) is 21.0. The molecule has 4 aliphatic carbocycles. The molecule has 4 aromatic carbocycles. The van der Waals surface area contributed by atoms with E-state index in [0.29, 0.717) is 0 Å². The minimum atomic E-state index is -0.599. The van der Waals surface area contributed by atoms with Crippen LogP contribution in [0, 0.1) is 0 Å². The van der Waals surface area contributed by atoms with Gasteiger partial charge in [0.25, 0.3) is 0 Å². The lowest BCUT2D eigenvalue weighted by Crippen LogP contribution is -2.42. The predicted octanol–water partition coefficient (Wildman–Crippen LogP) is 10.3. The molecule has 0 radical (unpaired) electrons. The van der Waals surface area contributed by atoms with Gasteiger partial charge in [-0.3, -0.25) is 0 Å². The second-order valence-electron chi connectivity index (χ2n) is 23.4. The standard InChI is InChI=1S/C17H27NO2.2C16H25NO2.C15H23NO2/c1-18(2)12-16(17(20)10-4-3-5-11-17)15-8-6-14(13-19)7-9-15;1-17-12-15(16(18)10-4-3-5-11-16)13-6-8-14(19-2)9-7-13;1-17(2)12-15(13-6-8-14(18)9-7-13)16(19)10-4-3-5-11-16;1-16-11-14(12-5-7-13(17)8-6-12)15(18)9-3-2-4-10-15/h6-9,16,19-20H,3-5,10-13H2,1-2H3;6-9,15,17-18H,3-5,10-12H2,1-2H3;6-9,15,18-19H,3-5,10-12H2,1-2H3;5-8,14,16-18H,2-4,9-11H2,1H3. The molecular formula is C64H100N4O8. The molecule has 0 spiro atoms. The van der Waals surface area contributed by atoms with Gasteiger partial charge in [-0.25, -0.2) is 0 Å². The highest BCUT2D eigenvalue weighted by molar-refractivity contribution is 5.34. The fourth-order valence-corrected chi connectivity index (χ4v) is 12.7. The fraction of sp³-hybridized carbons (Fsp3) is 0.625. The number of hydrogen-bond acceptors (Lipinski definition) is 12. The Morgan fingerprint density at radius 1 is 0.421 bits per heavy atom. The SMILES string of the molecule is CN(C)CC(c1ccc(CO)cc1)C1(O)CCCCC1.CN(C)CC(c1ccc(O)cc1)C1(O)CCCCC1.CNCC(c1ccc(O)cc1)C1(O)CCCCC1.CNCC(c1ccc(OC)cc1)C1(O)CCCCC1. The number of aliphatic hydroxyl groups is 5. The minimum absolute atomic E-state index is 0.0723. The van der Waals surface area contributed by atoms with Crippen molar-refractivity contribution in [1.82, 2.24) is 20.4 Å². The maximum Gasteiger partial charge on any atom is 0.118 e. The Labute approximate surface area is 457 Å². The molecule has 4 aromatic rings. The van der Waals surface area contributed by atoms with Crippen LogP contribution >= 0.6 is 0 Å². The number of rotatable bonds is 18. The zero-order valence-corrected chi connectivity index (χ0v) is 47.7. The number of phenols is 2. The Kier molecular flexibility index (Phi) is 25.5. The lowest BCUT2D eigenvalue weighted by Gasteiger charge is -2.41. The Morgan fingerprint density at radius 2 is 0.684 bits per heavy atom. The number of benzene rings is 4. The third-order valence-electron chi connectivity index (χ3n) is 17.1. The van der Waals surface area contributed by atoms with Crippen LogP contribution in [0.3, 0.4) is 0 Å². The first-order valence-corrected chi connectivity index (χ1v) is 28.8. The molecule has 424 valence electrons. The molecule has 12 heteroatoms. The van der Waals surface area contributed by atoms with Gasteiger partial charge in [0.15, 0.2) is 0 Å². The largest absolute Gasteiger partial charge is 0.508 e. The molecule has 4 saturated carbocycles. The zero-order valence-electron chi connectivity index (χ0n) is 47.7. The van der Waals surface area contributed by atoms with Crippen molar-refractivity contribution in [1.29, 1.82) is 0 Å². The van der Waals surface area contributed by atoms with Crippen molar-refractivity contribution in [2.45, 2.75) is 181 Å². The van der Waals surface area contributed by atoms with Gasteiger partial charge >= 0.3 is 0 Å². The summed E-state index contributed by atoms with van der Waals surface area (Å²) in [7, 11) is 13.7. The van der Waals surface area contributed by atoms with Crippen LogP contribution in [0.1, 0.15) is 180 Å². The Hall–Kier alpha value is -4.08. The predicted molar refractivity (Wildman–Crippen MR) is 310 cm³/mol. The second kappa shape index (κ2) is 30.9. The van der Waals surface area contributed by atoms with Gasteiger partial charge in [0, 0.05) is 49.9 Å². The topological polar surface area (TPSA) is 181 Å². The molecular weight excluding hydrogens is 953 g/mol. The highest BCUT2D eigenvalue weighted by Crippen LogP contribution is 2.44. The van der Waals surface area contributed by atoms with E-state index >= 15 is 0 Å². The minimum Gasteiger partial charge on any atom is -0.508 e. The van der Waals surface area contributed by atoms with E-state index in [4.69, 9.17) is 9.84 Å². The number of ether oxygens (including phenoxy) is 1. The number of aliphatic hydroxyl groups excluding tert-OH is 1. The third kappa shape index (κ3) is 18.5. The van der Waals surface area contributed by atoms with Crippen molar-refractivity contribution in [3.8, 4) is 17.2 Å². The van der Waals surface area contributed by atoms with Gasteiger partial charge in [0.2, 0.25) is 0 Å². The average molecular weight is 1050 g/mol. The van der Waals surface area contributed by atoms with E-state index in [9.17, 15) is 30.6 Å². The van der Waals surface area contributed by atoms with Crippen LogP contribution in [0.25, 0.3) is 0 Å². The fourth-order valence-electron chi connectivity index (χ4n) is 12.7. The van der Waals surface area contributed by atoms with Crippen molar-refractivity contribution in [3.63, 3.8) is 0 Å². The van der Waals surface area contributed by atoms with E-state index in [2.05, 4.69) is 58.8 Å². The quantitative estimate of drug-likeness (QED) is 0.0461. The lowest BCUT2D eigenvalue weighted by atomic mass is 9.72. The maximum atomic E-state index is 11.1. The molecule has 0 aromatic heterocycles. The Balaban J connectivity index is 0.000000187. The summed E-state index contributed by atoms with van der Waals surface area (Å²) in [5.74, 6) is 1.93. The van der Waals surface area contributed by atoms with E-state index in [1.807, 2.05) is 76.7 Å². The normalized spacial score (nSPS) is 20.2. The van der Waals surface area contributed by atoms with Crippen molar-refractivity contribution in [2.24, 2.45) is 0 Å². The first-order chi connectivity index (χ1) is 36.4. The molecule has 12 nitrogen and oxygen atoms in total. The van der Waals surface area contributed by atoms with E-state index < -0.39 is 22.4 Å². The van der Waals surface area contributed by atoms with Gasteiger partial charge in [-0.05, 0) is 158 Å². The molecule has 76 heavy (non-hydrogen) atoms.